The molecule has 0 bridgehead atoms. The fourth-order valence-corrected chi connectivity index (χ4v) is 2.30. The molecule has 2 aromatic carbocycles. The number of halogens is 1. The molecule has 0 atom stereocenters. The van der Waals surface area contributed by atoms with Gasteiger partial charge in [0, 0.05) is 12.1 Å². The predicted octanol–water partition coefficient (Wildman–Crippen LogP) is 2.23. The Morgan fingerprint density at radius 1 is 1.22 bits per heavy atom. The summed E-state index contributed by atoms with van der Waals surface area (Å²) in [6.45, 7) is 0.152. The molecule has 116 valence electrons. The van der Waals surface area contributed by atoms with Gasteiger partial charge in [0.2, 0.25) is 0 Å². The zero-order valence-electron chi connectivity index (χ0n) is 12.0. The Balaban J connectivity index is 2.13. The molecule has 0 spiro atoms. The van der Waals surface area contributed by atoms with Crippen LogP contribution in [0.5, 0.6) is 0 Å². The second kappa shape index (κ2) is 5.98. The maximum Gasteiger partial charge on any atom is 0.335 e. The van der Waals surface area contributed by atoms with Crippen LogP contribution in [0.3, 0.4) is 0 Å². The lowest BCUT2D eigenvalue weighted by atomic mass is 10.1. The molecular weight excluding hydrogens is 299 g/mol. The van der Waals surface area contributed by atoms with Crippen LogP contribution >= 0.6 is 0 Å². The number of hydrogen-bond acceptors (Lipinski definition) is 4. The van der Waals surface area contributed by atoms with Crippen molar-refractivity contribution in [1.82, 2.24) is 15.0 Å². The summed E-state index contributed by atoms with van der Waals surface area (Å²) in [7, 11) is 0. The first-order chi connectivity index (χ1) is 11.1. The van der Waals surface area contributed by atoms with E-state index in [1.165, 1.54) is 28.9 Å². The van der Waals surface area contributed by atoms with Crippen LogP contribution in [0.25, 0.3) is 16.9 Å². The van der Waals surface area contributed by atoms with Crippen molar-refractivity contribution < 1.29 is 14.3 Å². The fraction of sp³-hybridized carbons (Fsp3) is 0.0625. The van der Waals surface area contributed by atoms with Crippen LogP contribution in [-0.2, 0) is 6.54 Å². The summed E-state index contributed by atoms with van der Waals surface area (Å²) in [5.41, 5.74) is 8.17. The lowest BCUT2D eigenvalue weighted by Gasteiger charge is -2.08. The molecule has 0 aliphatic rings. The van der Waals surface area contributed by atoms with Crippen molar-refractivity contribution in [1.29, 1.82) is 0 Å². The molecule has 0 aliphatic heterocycles. The molecule has 0 saturated heterocycles. The molecule has 0 fully saturated rings. The van der Waals surface area contributed by atoms with E-state index in [1.54, 1.807) is 24.3 Å². The van der Waals surface area contributed by atoms with Crippen molar-refractivity contribution >= 4 is 5.97 Å². The summed E-state index contributed by atoms with van der Waals surface area (Å²) >= 11 is 0. The third-order valence-electron chi connectivity index (χ3n) is 3.39. The number of rotatable bonds is 4. The summed E-state index contributed by atoms with van der Waals surface area (Å²) in [4.78, 5) is 10.9. The smallest absolute Gasteiger partial charge is 0.335 e. The number of benzene rings is 2. The molecule has 1 heterocycles. The minimum Gasteiger partial charge on any atom is -0.478 e. The molecule has 0 radical (unpaired) electrons. The van der Waals surface area contributed by atoms with E-state index in [-0.39, 0.29) is 17.9 Å². The van der Waals surface area contributed by atoms with Gasteiger partial charge >= 0.3 is 5.97 Å². The van der Waals surface area contributed by atoms with E-state index >= 15 is 0 Å². The molecule has 3 aromatic rings. The van der Waals surface area contributed by atoms with E-state index in [0.29, 0.717) is 22.6 Å². The predicted molar refractivity (Wildman–Crippen MR) is 81.6 cm³/mol. The van der Waals surface area contributed by atoms with Crippen molar-refractivity contribution in [2.45, 2.75) is 6.54 Å². The Bertz CT molecular complexity index is 859. The highest BCUT2D eigenvalue weighted by Crippen LogP contribution is 2.25. The Labute approximate surface area is 131 Å². The lowest BCUT2D eigenvalue weighted by Crippen LogP contribution is -2.03. The Kier molecular flexibility index (Phi) is 3.86. The first kappa shape index (κ1) is 14.9. The van der Waals surface area contributed by atoms with Crippen LogP contribution in [0, 0.1) is 5.82 Å². The quantitative estimate of drug-likeness (QED) is 0.770. The molecule has 3 rings (SSSR count). The number of nitrogens with two attached hydrogens (primary N) is 1. The molecule has 6 nitrogen and oxygen atoms in total. The second-order valence-electron chi connectivity index (χ2n) is 4.86. The number of hydrogen-bond donors (Lipinski definition) is 2. The van der Waals surface area contributed by atoms with Gasteiger partial charge in [0.1, 0.15) is 11.5 Å². The lowest BCUT2D eigenvalue weighted by molar-refractivity contribution is 0.0697. The van der Waals surface area contributed by atoms with E-state index in [2.05, 4.69) is 10.3 Å². The minimum atomic E-state index is -1.01. The summed E-state index contributed by atoms with van der Waals surface area (Å²) in [5, 5.41) is 17.0. The summed E-state index contributed by atoms with van der Waals surface area (Å²) in [6.07, 6.45) is 0. The van der Waals surface area contributed by atoms with Gasteiger partial charge < -0.3 is 10.8 Å². The van der Waals surface area contributed by atoms with E-state index in [1.807, 2.05) is 0 Å². The van der Waals surface area contributed by atoms with Gasteiger partial charge in [0.25, 0.3) is 0 Å². The van der Waals surface area contributed by atoms with Crippen LogP contribution in [0.2, 0.25) is 0 Å². The van der Waals surface area contributed by atoms with Gasteiger partial charge in [-0.2, -0.15) is 0 Å². The van der Waals surface area contributed by atoms with E-state index < -0.39 is 5.97 Å². The molecular formula is C16H13FN4O2. The van der Waals surface area contributed by atoms with Crippen molar-refractivity contribution in [2.24, 2.45) is 5.73 Å². The van der Waals surface area contributed by atoms with Crippen LogP contribution in [0.15, 0.2) is 48.5 Å². The highest BCUT2D eigenvalue weighted by Gasteiger charge is 2.16. The molecule has 23 heavy (non-hydrogen) atoms. The van der Waals surface area contributed by atoms with E-state index in [4.69, 9.17) is 10.8 Å². The molecule has 0 aliphatic carbocycles. The average molecular weight is 312 g/mol. The summed E-state index contributed by atoms with van der Waals surface area (Å²) < 4.78 is 15.0. The first-order valence-corrected chi connectivity index (χ1v) is 6.84. The SMILES string of the molecule is NCc1nnn(-c2ccc(C(=O)O)cc2)c1-c1cccc(F)c1. The van der Waals surface area contributed by atoms with Gasteiger partial charge in [-0.25, -0.2) is 13.9 Å². The number of nitrogens with zero attached hydrogens (tertiary/aromatic N) is 3. The fourth-order valence-electron chi connectivity index (χ4n) is 2.30. The Morgan fingerprint density at radius 2 is 1.96 bits per heavy atom. The summed E-state index contributed by atoms with van der Waals surface area (Å²) in [5.74, 6) is -1.39. The zero-order chi connectivity index (χ0) is 16.4. The van der Waals surface area contributed by atoms with E-state index in [9.17, 15) is 9.18 Å². The highest BCUT2D eigenvalue weighted by atomic mass is 19.1. The Morgan fingerprint density at radius 3 is 2.57 bits per heavy atom. The van der Waals surface area contributed by atoms with Gasteiger partial charge in [0.15, 0.2) is 0 Å². The van der Waals surface area contributed by atoms with E-state index in [0.717, 1.165) is 0 Å². The molecule has 0 amide bonds. The average Bonchev–Trinajstić information content (AvgIpc) is 2.99. The van der Waals surface area contributed by atoms with Gasteiger partial charge in [-0.15, -0.1) is 5.10 Å². The zero-order valence-corrected chi connectivity index (χ0v) is 12.0. The van der Waals surface area contributed by atoms with Crippen LogP contribution < -0.4 is 5.73 Å². The minimum absolute atomic E-state index is 0.152. The van der Waals surface area contributed by atoms with Crippen molar-refractivity contribution in [3.8, 4) is 16.9 Å². The third kappa shape index (κ3) is 2.82. The molecule has 3 N–H and O–H groups in total. The number of carboxylic acid groups (broad SMARTS) is 1. The van der Waals surface area contributed by atoms with Crippen molar-refractivity contribution in [3.05, 3.63) is 65.6 Å². The standard InChI is InChI=1S/C16H13FN4O2/c17-12-3-1-2-11(8-12)15-14(9-18)19-20-21(15)13-6-4-10(5-7-13)16(22)23/h1-8H,9,18H2,(H,22,23). The molecule has 0 unspecified atom stereocenters. The maximum atomic E-state index is 13.5. The number of carboxylic acids is 1. The van der Waals surface area contributed by atoms with Gasteiger partial charge in [0.05, 0.1) is 16.9 Å². The highest BCUT2D eigenvalue weighted by molar-refractivity contribution is 5.87. The van der Waals surface area contributed by atoms with Crippen molar-refractivity contribution in [3.63, 3.8) is 0 Å². The Hall–Kier alpha value is -3.06. The monoisotopic (exact) mass is 312 g/mol. The molecule has 1 aromatic heterocycles. The second-order valence-corrected chi connectivity index (χ2v) is 4.86. The van der Waals surface area contributed by atoms with Crippen LogP contribution in [-0.4, -0.2) is 26.1 Å². The van der Waals surface area contributed by atoms with Gasteiger partial charge in [-0.05, 0) is 36.4 Å². The van der Waals surface area contributed by atoms with Crippen LogP contribution in [0.4, 0.5) is 4.39 Å². The largest absolute Gasteiger partial charge is 0.478 e. The molecule has 0 saturated carbocycles. The van der Waals surface area contributed by atoms with Crippen LogP contribution in [0.1, 0.15) is 16.1 Å². The third-order valence-corrected chi connectivity index (χ3v) is 3.39. The maximum absolute atomic E-state index is 13.5. The summed E-state index contributed by atoms with van der Waals surface area (Å²) in [6, 6.07) is 12.2. The van der Waals surface area contributed by atoms with Crippen molar-refractivity contribution in [2.75, 3.05) is 0 Å². The normalized spacial score (nSPS) is 10.7. The number of aromatic carboxylic acids is 1. The van der Waals surface area contributed by atoms with Gasteiger partial charge in [-0.1, -0.05) is 17.3 Å². The first-order valence-electron chi connectivity index (χ1n) is 6.84. The van der Waals surface area contributed by atoms with Gasteiger partial charge in [-0.3, -0.25) is 0 Å². The number of carbonyl (C=O) groups is 1. The topological polar surface area (TPSA) is 94.0 Å². The number of aromatic nitrogens is 3. The molecule has 7 heteroatoms.